The molecule has 0 bridgehead atoms. The van der Waals surface area contributed by atoms with Crippen LogP contribution >= 0.6 is 0 Å². The zero-order valence-corrected chi connectivity index (χ0v) is 8.60. The lowest BCUT2D eigenvalue weighted by molar-refractivity contribution is 0.675. The van der Waals surface area contributed by atoms with Crippen LogP contribution in [0, 0.1) is 0 Å². The van der Waals surface area contributed by atoms with Gasteiger partial charge in [0.2, 0.25) is 0 Å². The van der Waals surface area contributed by atoms with Crippen molar-refractivity contribution in [1.82, 2.24) is 0 Å². The second-order valence-electron chi connectivity index (χ2n) is 3.19. The average molecular weight is 166 g/mol. The molecule has 0 heteroatoms. The molecule has 12 heavy (non-hydrogen) atoms. The van der Waals surface area contributed by atoms with Gasteiger partial charge in [0.15, 0.2) is 0 Å². The molecule has 0 atom stereocenters. The topological polar surface area (TPSA) is 0 Å². The summed E-state index contributed by atoms with van der Waals surface area (Å²) in [5, 5.41) is 0. The maximum atomic E-state index is 3.71. The van der Waals surface area contributed by atoms with Crippen LogP contribution in [0.1, 0.15) is 52.4 Å². The van der Waals surface area contributed by atoms with Crippen molar-refractivity contribution in [2.24, 2.45) is 0 Å². The van der Waals surface area contributed by atoms with E-state index in [9.17, 15) is 0 Å². The fourth-order valence-corrected chi connectivity index (χ4v) is 1.34. The molecule has 0 radical (unpaired) electrons. The van der Waals surface area contributed by atoms with Gasteiger partial charge >= 0.3 is 0 Å². The smallest absolute Gasteiger partial charge is 0.0321 e. The Hall–Kier alpha value is -0.520. The van der Waals surface area contributed by atoms with Crippen LogP contribution in [-0.2, 0) is 0 Å². The predicted octanol–water partition coefficient (Wildman–Crippen LogP) is 4.48. The van der Waals surface area contributed by atoms with E-state index in [1.807, 2.05) is 6.08 Å². The number of rotatable bonds is 7. The van der Waals surface area contributed by atoms with Gasteiger partial charge < -0.3 is 0 Å². The summed E-state index contributed by atoms with van der Waals surface area (Å²) in [6.07, 6.45) is 12.0. The first kappa shape index (κ1) is 11.5. The molecule has 0 aromatic carbocycles. The van der Waals surface area contributed by atoms with Crippen LogP contribution in [-0.4, -0.2) is 0 Å². The minimum atomic E-state index is 1.18. The number of hydrogen-bond acceptors (Lipinski definition) is 0. The Kier molecular flexibility index (Phi) is 8.20. The van der Waals surface area contributed by atoms with Crippen LogP contribution < -0.4 is 0 Å². The summed E-state index contributed by atoms with van der Waals surface area (Å²) in [5.74, 6) is 0. The number of hydrogen-bond donors (Lipinski definition) is 0. The molecule has 0 aliphatic rings. The molecule has 0 nitrogen and oxygen atoms in total. The van der Waals surface area contributed by atoms with E-state index >= 15 is 0 Å². The van der Waals surface area contributed by atoms with Crippen LogP contribution in [0.3, 0.4) is 0 Å². The number of allylic oxidation sites excluding steroid dienone is 3. The highest BCUT2D eigenvalue weighted by molar-refractivity contribution is 4.98. The molecule has 0 fully saturated rings. The molecule has 0 aliphatic carbocycles. The van der Waals surface area contributed by atoms with E-state index in [0.29, 0.717) is 0 Å². The van der Waals surface area contributed by atoms with Crippen LogP contribution in [0.15, 0.2) is 24.3 Å². The van der Waals surface area contributed by atoms with Crippen molar-refractivity contribution >= 4 is 0 Å². The quantitative estimate of drug-likeness (QED) is 0.386. The third kappa shape index (κ3) is 6.21. The molecule has 0 spiro atoms. The molecule has 0 amide bonds. The Labute approximate surface area is 77.4 Å². The van der Waals surface area contributed by atoms with E-state index < -0.39 is 0 Å². The van der Waals surface area contributed by atoms with Gasteiger partial charge in [0.05, 0.1) is 0 Å². The molecule has 0 aromatic heterocycles. The first-order valence-electron chi connectivity index (χ1n) is 5.10. The van der Waals surface area contributed by atoms with E-state index in [4.69, 9.17) is 0 Å². The zero-order chi connectivity index (χ0) is 9.23. The second kappa shape index (κ2) is 8.58. The van der Waals surface area contributed by atoms with Crippen molar-refractivity contribution in [3.8, 4) is 0 Å². The molecule has 0 N–H and O–H groups in total. The molecular weight excluding hydrogens is 144 g/mol. The molecule has 0 rings (SSSR count). The Balaban J connectivity index is 3.24. The maximum Gasteiger partial charge on any atom is -0.0321 e. The van der Waals surface area contributed by atoms with Gasteiger partial charge in [-0.2, -0.15) is 0 Å². The summed E-state index contributed by atoms with van der Waals surface area (Å²) in [7, 11) is 0. The first-order valence-corrected chi connectivity index (χ1v) is 5.10. The van der Waals surface area contributed by atoms with Crippen molar-refractivity contribution < 1.29 is 0 Å². The van der Waals surface area contributed by atoms with Gasteiger partial charge in [-0.3, -0.25) is 0 Å². The highest BCUT2D eigenvalue weighted by atomic mass is 14.0. The molecule has 0 heterocycles. The Bertz CT molecular complexity index is 131. The lowest BCUT2D eigenvalue weighted by atomic mass is 10.0. The SMILES string of the molecule is C=CCCCCCC(=CC)CC. The van der Waals surface area contributed by atoms with Gasteiger partial charge in [-0.1, -0.05) is 31.1 Å². The van der Waals surface area contributed by atoms with Gasteiger partial charge in [0.25, 0.3) is 0 Å². The first-order chi connectivity index (χ1) is 5.85. The summed E-state index contributed by atoms with van der Waals surface area (Å²) in [6, 6.07) is 0. The molecule has 0 unspecified atom stereocenters. The predicted molar refractivity (Wildman–Crippen MR) is 57.3 cm³/mol. The Morgan fingerprint density at radius 1 is 1.25 bits per heavy atom. The van der Waals surface area contributed by atoms with E-state index in [1.54, 1.807) is 5.57 Å². The van der Waals surface area contributed by atoms with Crippen molar-refractivity contribution in [2.75, 3.05) is 0 Å². The monoisotopic (exact) mass is 166 g/mol. The zero-order valence-electron chi connectivity index (χ0n) is 8.60. The third-order valence-corrected chi connectivity index (χ3v) is 2.27. The summed E-state index contributed by atoms with van der Waals surface area (Å²) in [4.78, 5) is 0. The molecule has 0 aromatic rings. The highest BCUT2D eigenvalue weighted by Gasteiger charge is 1.92. The van der Waals surface area contributed by atoms with Crippen LogP contribution in [0.4, 0.5) is 0 Å². The van der Waals surface area contributed by atoms with Crippen LogP contribution in [0.25, 0.3) is 0 Å². The summed E-state index contributed by atoms with van der Waals surface area (Å²) >= 11 is 0. The minimum Gasteiger partial charge on any atom is -0.103 e. The second-order valence-corrected chi connectivity index (χ2v) is 3.19. The molecule has 0 saturated carbocycles. The molecule has 70 valence electrons. The van der Waals surface area contributed by atoms with Crippen molar-refractivity contribution in [3.63, 3.8) is 0 Å². The van der Waals surface area contributed by atoms with Gasteiger partial charge in [-0.05, 0) is 39.0 Å². The Morgan fingerprint density at radius 3 is 2.50 bits per heavy atom. The fourth-order valence-electron chi connectivity index (χ4n) is 1.34. The number of unbranched alkanes of at least 4 members (excludes halogenated alkanes) is 3. The van der Waals surface area contributed by atoms with Crippen molar-refractivity contribution in [1.29, 1.82) is 0 Å². The van der Waals surface area contributed by atoms with Gasteiger partial charge in [-0.25, -0.2) is 0 Å². The lowest BCUT2D eigenvalue weighted by Gasteiger charge is -2.02. The fraction of sp³-hybridized carbons (Fsp3) is 0.667. The molecule has 0 saturated heterocycles. The summed E-state index contributed by atoms with van der Waals surface area (Å²) < 4.78 is 0. The minimum absolute atomic E-state index is 1.18. The van der Waals surface area contributed by atoms with Crippen molar-refractivity contribution in [3.05, 3.63) is 24.3 Å². The van der Waals surface area contributed by atoms with Gasteiger partial charge in [0.1, 0.15) is 0 Å². The van der Waals surface area contributed by atoms with Gasteiger partial charge in [0, 0.05) is 0 Å². The third-order valence-electron chi connectivity index (χ3n) is 2.27. The van der Waals surface area contributed by atoms with E-state index in [1.165, 1.54) is 38.5 Å². The normalized spacial score (nSPS) is 11.7. The standard InChI is InChI=1S/C12H22/c1-4-7-8-9-10-11-12(5-2)6-3/h4-5H,1,6-11H2,2-3H3. The Morgan fingerprint density at radius 2 is 2.00 bits per heavy atom. The largest absolute Gasteiger partial charge is 0.103 e. The van der Waals surface area contributed by atoms with E-state index in [2.05, 4.69) is 26.5 Å². The average Bonchev–Trinajstić information content (AvgIpc) is 2.11. The van der Waals surface area contributed by atoms with Gasteiger partial charge in [-0.15, -0.1) is 6.58 Å². The van der Waals surface area contributed by atoms with Crippen LogP contribution in [0.5, 0.6) is 0 Å². The summed E-state index contributed by atoms with van der Waals surface area (Å²) in [5.41, 5.74) is 1.61. The van der Waals surface area contributed by atoms with Crippen molar-refractivity contribution in [2.45, 2.75) is 52.4 Å². The highest BCUT2D eigenvalue weighted by Crippen LogP contribution is 2.12. The van der Waals surface area contributed by atoms with E-state index in [0.717, 1.165) is 0 Å². The molecular formula is C12H22. The molecule has 0 aliphatic heterocycles. The van der Waals surface area contributed by atoms with E-state index in [-0.39, 0.29) is 0 Å². The summed E-state index contributed by atoms with van der Waals surface area (Å²) in [6.45, 7) is 8.09. The van der Waals surface area contributed by atoms with Crippen LogP contribution in [0.2, 0.25) is 0 Å². The lowest BCUT2D eigenvalue weighted by Crippen LogP contribution is -1.82. The maximum absolute atomic E-state index is 3.71.